The summed E-state index contributed by atoms with van der Waals surface area (Å²) < 4.78 is 0. The predicted octanol–water partition coefficient (Wildman–Crippen LogP) is 1.18. The molecule has 14 heavy (non-hydrogen) atoms. The number of hydrogen-bond donors (Lipinski definition) is 2. The Morgan fingerprint density at radius 2 is 2.21 bits per heavy atom. The molecule has 1 aromatic heterocycles. The van der Waals surface area contributed by atoms with Gasteiger partial charge in [0, 0.05) is 19.3 Å². The summed E-state index contributed by atoms with van der Waals surface area (Å²) in [5, 5.41) is 5.64. The molecule has 0 aromatic carbocycles. The number of carbonyl (C=O) groups excluding carboxylic acids is 1. The van der Waals surface area contributed by atoms with Gasteiger partial charge in [-0.05, 0) is 26.0 Å². The number of anilines is 1. The first-order valence-electron chi connectivity index (χ1n) is 4.62. The van der Waals surface area contributed by atoms with Crippen LogP contribution in [0.1, 0.15) is 23.0 Å². The highest BCUT2D eigenvalue weighted by molar-refractivity contribution is 5.98. The van der Waals surface area contributed by atoms with Crippen molar-refractivity contribution >= 4 is 11.7 Å². The SMILES string of the molecule is CCNc1nc(C)ccc1C(=O)NC. The van der Waals surface area contributed by atoms with Crippen LogP contribution in [0.3, 0.4) is 0 Å². The van der Waals surface area contributed by atoms with Crippen molar-refractivity contribution in [1.82, 2.24) is 10.3 Å². The molecular weight excluding hydrogens is 178 g/mol. The van der Waals surface area contributed by atoms with E-state index in [0.717, 1.165) is 12.2 Å². The van der Waals surface area contributed by atoms with Crippen LogP contribution in [0, 0.1) is 6.92 Å². The van der Waals surface area contributed by atoms with Crippen LogP contribution >= 0.6 is 0 Å². The van der Waals surface area contributed by atoms with Crippen LogP contribution in [-0.4, -0.2) is 24.5 Å². The summed E-state index contributed by atoms with van der Waals surface area (Å²) in [7, 11) is 1.61. The largest absolute Gasteiger partial charge is 0.370 e. The average molecular weight is 193 g/mol. The minimum absolute atomic E-state index is 0.117. The van der Waals surface area contributed by atoms with Gasteiger partial charge in [0.15, 0.2) is 0 Å². The molecular formula is C10H15N3O. The van der Waals surface area contributed by atoms with E-state index in [4.69, 9.17) is 0 Å². The molecule has 4 nitrogen and oxygen atoms in total. The first kappa shape index (κ1) is 10.5. The molecule has 1 rings (SSSR count). The number of nitrogens with zero attached hydrogens (tertiary/aromatic N) is 1. The molecule has 2 N–H and O–H groups in total. The lowest BCUT2D eigenvalue weighted by atomic mass is 10.2. The lowest BCUT2D eigenvalue weighted by Gasteiger charge is -2.08. The first-order valence-corrected chi connectivity index (χ1v) is 4.62. The Balaban J connectivity index is 3.07. The van der Waals surface area contributed by atoms with Crippen molar-refractivity contribution in [2.75, 3.05) is 18.9 Å². The van der Waals surface area contributed by atoms with Gasteiger partial charge in [0.1, 0.15) is 5.82 Å². The third-order valence-electron chi connectivity index (χ3n) is 1.85. The van der Waals surface area contributed by atoms with Gasteiger partial charge in [-0.3, -0.25) is 4.79 Å². The third kappa shape index (κ3) is 2.22. The number of amides is 1. The van der Waals surface area contributed by atoms with E-state index in [1.807, 2.05) is 19.9 Å². The number of aryl methyl sites for hydroxylation is 1. The summed E-state index contributed by atoms with van der Waals surface area (Å²) in [6, 6.07) is 3.60. The Hall–Kier alpha value is -1.58. The monoisotopic (exact) mass is 193 g/mol. The quantitative estimate of drug-likeness (QED) is 0.758. The number of hydrogen-bond acceptors (Lipinski definition) is 3. The Bertz CT molecular complexity index is 336. The average Bonchev–Trinajstić information content (AvgIpc) is 2.17. The molecule has 0 saturated carbocycles. The second-order valence-corrected chi connectivity index (χ2v) is 2.96. The summed E-state index contributed by atoms with van der Waals surface area (Å²) in [5.74, 6) is 0.528. The van der Waals surface area contributed by atoms with Gasteiger partial charge in [0.2, 0.25) is 0 Å². The molecule has 1 heterocycles. The van der Waals surface area contributed by atoms with Crippen molar-refractivity contribution in [2.24, 2.45) is 0 Å². The third-order valence-corrected chi connectivity index (χ3v) is 1.85. The fraction of sp³-hybridized carbons (Fsp3) is 0.400. The minimum Gasteiger partial charge on any atom is -0.370 e. The summed E-state index contributed by atoms with van der Waals surface area (Å²) in [6.45, 7) is 4.62. The standard InChI is InChI=1S/C10H15N3O/c1-4-12-9-8(10(14)11-3)6-5-7(2)13-9/h5-6H,4H2,1-3H3,(H,11,14)(H,12,13). The Morgan fingerprint density at radius 1 is 1.50 bits per heavy atom. The molecule has 1 amide bonds. The fourth-order valence-electron chi connectivity index (χ4n) is 1.18. The minimum atomic E-state index is -0.117. The van der Waals surface area contributed by atoms with Crippen molar-refractivity contribution in [3.63, 3.8) is 0 Å². The molecule has 0 unspecified atom stereocenters. The van der Waals surface area contributed by atoms with E-state index in [1.165, 1.54) is 0 Å². The summed E-state index contributed by atoms with van der Waals surface area (Å²) in [6.07, 6.45) is 0. The highest BCUT2D eigenvalue weighted by Gasteiger charge is 2.10. The van der Waals surface area contributed by atoms with Crippen LogP contribution in [0.5, 0.6) is 0 Å². The number of rotatable bonds is 3. The van der Waals surface area contributed by atoms with E-state index in [2.05, 4.69) is 15.6 Å². The number of pyridine rings is 1. The van der Waals surface area contributed by atoms with Crippen LogP contribution < -0.4 is 10.6 Å². The fourth-order valence-corrected chi connectivity index (χ4v) is 1.18. The van der Waals surface area contributed by atoms with E-state index in [9.17, 15) is 4.79 Å². The Labute approximate surface area is 83.7 Å². The summed E-state index contributed by atoms with van der Waals surface area (Å²) in [4.78, 5) is 15.7. The van der Waals surface area contributed by atoms with E-state index >= 15 is 0 Å². The zero-order valence-electron chi connectivity index (χ0n) is 8.72. The van der Waals surface area contributed by atoms with E-state index < -0.39 is 0 Å². The van der Waals surface area contributed by atoms with Crippen molar-refractivity contribution in [3.8, 4) is 0 Å². The second kappa shape index (κ2) is 4.60. The van der Waals surface area contributed by atoms with Crippen molar-refractivity contribution < 1.29 is 4.79 Å². The molecule has 0 bridgehead atoms. The predicted molar refractivity (Wildman–Crippen MR) is 56.5 cm³/mol. The molecule has 1 aromatic rings. The van der Waals surface area contributed by atoms with E-state index in [1.54, 1.807) is 13.1 Å². The number of nitrogens with one attached hydrogen (secondary N) is 2. The van der Waals surface area contributed by atoms with Crippen LogP contribution in [0.15, 0.2) is 12.1 Å². The molecule has 4 heteroatoms. The molecule has 0 saturated heterocycles. The zero-order chi connectivity index (χ0) is 10.6. The molecule has 0 atom stereocenters. The van der Waals surface area contributed by atoms with Crippen molar-refractivity contribution in [2.45, 2.75) is 13.8 Å². The van der Waals surface area contributed by atoms with E-state index in [-0.39, 0.29) is 5.91 Å². The first-order chi connectivity index (χ1) is 6.69. The Kier molecular flexibility index (Phi) is 3.45. The molecule has 76 valence electrons. The smallest absolute Gasteiger partial charge is 0.254 e. The highest BCUT2D eigenvalue weighted by Crippen LogP contribution is 2.12. The topological polar surface area (TPSA) is 54.0 Å². The molecule has 0 aliphatic rings. The van der Waals surface area contributed by atoms with Gasteiger partial charge in [0.05, 0.1) is 5.56 Å². The lowest BCUT2D eigenvalue weighted by Crippen LogP contribution is -2.20. The maximum Gasteiger partial charge on any atom is 0.254 e. The lowest BCUT2D eigenvalue weighted by molar-refractivity contribution is 0.0963. The van der Waals surface area contributed by atoms with Gasteiger partial charge >= 0.3 is 0 Å². The molecule has 0 radical (unpaired) electrons. The summed E-state index contributed by atoms with van der Waals surface area (Å²) in [5.41, 5.74) is 1.48. The number of aromatic nitrogens is 1. The van der Waals surface area contributed by atoms with Crippen molar-refractivity contribution in [3.05, 3.63) is 23.4 Å². The zero-order valence-corrected chi connectivity index (χ0v) is 8.72. The van der Waals surface area contributed by atoms with Gasteiger partial charge in [-0.1, -0.05) is 0 Å². The van der Waals surface area contributed by atoms with Crippen molar-refractivity contribution in [1.29, 1.82) is 0 Å². The maximum atomic E-state index is 11.4. The second-order valence-electron chi connectivity index (χ2n) is 2.96. The van der Waals surface area contributed by atoms with E-state index in [0.29, 0.717) is 11.4 Å². The van der Waals surface area contributed by atoms with Gasteiger partial charge in [-0.25, -0.2) is 4.98 Å². The molecule has 0 aliphatic heterocycles. The Morgan fingerprint density at radius 3 is 2.79 bits per heavy atom. The van der Waals surface area contributed by atoms with Crippen LogP contribution in [0.2, 0.25) is 0 Å². The van der Waals surface area contributed by atoms with Gasteiger partial charge in [-0.15, -0.1) is 0 Å². The van der Waals surface area contributed by atoms with Gasteiger partial charge in [-0.2, -0.15) is 0 Å². The van der Waals surface area contributed by atoms with Crippen LogP contribution in [0.25, 0.3) is 0 Å². The maximum absolute atomic E-state index is 11.4. The molecule has 0 aliphatic carbocycles. The van der Waals surface area contributed by atoms with Crippen LogP contribution in [0.4, 0.5) is 5.82 Å². The highest BCUT2D eigenvalue weighted by atomic mass is 16.1. The summed E-state index contributed by atoms with van der Waals surface area (Å²) >= 11 is 0. The van der Waals surface area contributed by atoms with Gasteiger partial charge < -0.3 is 10.6 Å². The number of carbonyl (C=O) groups is 1. The molecule has 0 fully saturated rings. The van der Waals surface area contributed by atoms with Gasteiger partial charge in [0.25, 0.3) is 5.91 Å². The molecule has 0 spiro atoms. The van der Waals surface area contributed by atoms with Crippen LogP contribution in [-0.2, 0) is 0 Å². The normalized spacial score (nSPS) is 9.64.